The van der Waals surface area contributed by atoms with Crippen molar-refractivity contribution in [1.29, 1.82) is 0 Å². The molecule has 21 heavy (non-hydrogen) atoms. The Labute approximate surface area is 138 Å². The number of hydrogen-bond donors (Lipinski definition) is 0. The van der Waals surface area contributed by atoms with Crippen LogP contribution in [-0.4, -0.2) is 27.7 Å². The Bertz CT molecular complexity index is 350. The summed E-state index contributed by atoms with van der Waals surface area (Å²) in [4.78, 5) is 15.9. The van der Waals surface area contributed by atoms with E-state index in [4.69, 9.17) is 0 Å². The Hall–Kier alpha value is -0.0500. The van der Waals surface area contributed by atoms with Crippen LogP contribution in [0, 0.1) is 11.8 Å². The second-order valence-electron chi connectivity index (χ2n) is 7.56. The number of piperidine rings is 1. The maximum absolute atomic E-state index is 13.0. The molecule has 0 aromatic rings. The number of alkyl halides is 1. The number of amides is 1. The highest BCUT2D eigenvalue weighted by Gasteiger charge is 2.44. The molecule has 3 rings (SSSR count). The molecule has 2 bridgehead atoms. The third kappa shape index (κ3) is 3.48. The van der Waals surface area contributed by atoms with Gasteiger partial charge in [0.05, 0.1) is 0 Å². The van der Waals surface area contributed by atoms with Crippen LogP contribution in [0.15, 0.2) is 0 Å². The van der Waals surface area contributed by atoms with Crippen molar-refractivity contribution in [2.75, 3.05) is 0 Å². The molecule has 1 aliphatic carbocycles. The molecule has 0 aromatic heterocycles. The molecule has 0 aromatic carbocycles. The van der Waals surface area contributed by atoms with E-state index >= 15 is 0 Å². The third-order valence-corrected chi connectivity index (χ3v) is 6.84. The SMILES string of the molecule is CCCCC1CCC(C(=O)N2C3CCC2CC(Br)C3)CC1. The standard InChI is InChI=1S/C18H30BrNO/c1-2-3-4-13-5-7-14(8-6-13)18(21)20-16-9-10-17(20)12-15(19)11-16/h13-17H,2-12H2,1H3. The van der Waals surface area contributed by atoms with Crippen molar-refractivity contribution in [2.24, 2.45) is 11.8 Å². The fourth-order valence-electron chi connectivity index (χ4n) is 4.87. The van der Waals surface area contributed by atoms with Crippen LogP contribution < -0.4 is 0 Å². The van der Waals surface area contributed by atoms with Crippen LogP contribution in [0.3, 0.4) is 0 Å². The van der Waals surface area contributed by atoms with Crippen LogP contribution in [0.25, 0.3) is 0 Å². The van der Waals surface area contributed by atoms with Gasteiger partial charge in [-0.05, 0) is 57.3 Å². The molecular weight excluding hydrogens is 326 g/mol. The number of halogens is 1. The summed E-state index contributed by atoms with van der Waals surface area (Å²) >= 11 is 3.78. The summed E-state index contributed by atoms with van der Waals surface area (Å²) in [5, 5.41) is 0. The molecular formula is C18H30BrNO. The molecule has 1 saturated carbocycles. The Morgan fingerprint density at radius 3 is 2.24 bits per heavy atom. The number of unbranched alkanes of at least 4 members (excludes halogenated alkanes) is 1. The van der Waals surface area contributed by atoms with Crippen molar-refractivity contribution in [3.63, 3.8) is 0 Å². The largest absolute Gasteiger partial charge is 0.336 e. The maximum Gasteiger partial charge on any atom is 0.226 e. The summed E-state index contributed by atoms with van der Waals surface area (Å²) in [5.41, 5.74) is 0. The molecule has 2 unspecified atom stereocenters. The molecule has 2 saturated heterocycles. The van der Waals surface area contributed by atoms with Crippen LogP contribution in [0.2, 0.25) is 0 Å². The highest BCUT2D eigenvalue weighted by atomic mass is 79.9. The summed E-state index contributed by atoms with van der Waals surface area (Å²) in [5.74, 6) is 1.76. The van der Waals surface area contributed by atoms with E-state index in [2.05, 4.69) is 27.8 Å². The van der Waals surface area contributed by atoms with Crippen molar-refractivity contribution in [2.45, 2.75) is 94.5 Å². The smallest absolute Gasteiger partial charge is 0.226 e. The van der Waals surface area contributed by atoms with Crippen LogP contribution in [0.4, 0.5) is 0 Å². The van der Waals surface area contributed by atoms with Gasteiger partial charge in [0, 0.05) is 22.8 Å². The van der Waals surface area contributed by atoms with Gasteiger partial charge >= 0.3 is 0 Å². The van der Waals surface area contributed by atoms with Crippen LogP contribution in [-0.2, 0) is 4.79 Å². The fraction of sp³-hybridized carbons (Fsp3) is 0.944. The summed E-state index contributed by atoms with van der Waals surface area (Å²) in [6.07, 6.45) is 13.8. The lowest BCUT2D eigenvalue weighted by Gasteiger charge is -2.40. The molecule has 120 valence electrons. The van der Waals surface area contributed by atoms with Gasteiger partial charge in [0.25, 0.3) is 0 Å². The van der Waals surface area contributed by atoms with Crippen molar-refractivity contribution in [3.05, 3.63) is 0 Å². The van der Waals surface area contributed by atoms with Gasteiger partial charge in [0.2, 0.25) is 5.91 Å². The average molecular weight is 356 g/mol. The lowest BCUT2D eigenvalue weighted by atomic mass is 9.79. The number of rotatable bonds is 4. The van der Waals surface area contributed by atoms with Crippen LogP contribution >= 0.6 is 15.9 Å². The summed E-state index contributed by atoms with van der Waals surface area (Å²) < 4.78 is 0. The molecule has 3 fully saturated rings. The van der Waals surface area contributed by atoms with Crippen molar-refractivity contribution < 1.29 is 4.79 Å². The van der Waals surface area contributed by atoms with E-state index in [0.717, 1.165) is 18.8 Å². The maximum atomic E-state index is 13.0. The van der Waals surface area contributed by atoms with E-state index in [-0.39, 0.29) is 0 Å². The van der Waals surface area contributed by atoms with Gasteiger partial charge < -0.3 is 4.90 Å². The Morgan fingerprint density at radius 2 is 1.67 bits per heavy atom. The Kier molecular flexibility index (Phi) is 5.29. The number of carbonyl (C=O) groups excluding carboxylic acids is 1. The second-order valence-corrected chi connectivity index (χ2v) is 8.85. The van der Waals surface area contributed by atoms with Gasteiger partial charge in [0.15, 0.2) is 0 Å². The van der Waals surface area contributed by atoms with Crippen molar-refractivity contribution >= 4 is 21.8 Å². The van der Waals surface area contributed by atoms with Gasteiger partial charge in [-0.3, -0.25) is 4.79 Å². The normalized spacial score (nSPS) is 39.5. The zero-order valence-electron chi connectivity index (χ0n) is 13.4. The first-order valence-electron chi connectivity index (χ1n) is 9.15. The molecule has 3 heteroatoms. The van der Waals surface area contributed by atoms with Crippen molar-refractivity contribution in [1.82, 2.24) is 4.90 Å². The highest BCUT2D eigenvalue weighted by Crippen LogP contribution is 2.41. The number of hydrogen-bond acceptors (Lipinski definition) is 1. The van der Waals surface area contributed by atoms with Gasteiger partial charge in [-0.25, -0.2) is 0 Å². The van der Waals surface area contributed by atoms with Crippen LogP contribution in [0.1, 0.15) is 77.6 Å². The zero-order valence-corrected chi connectivity index (χ0v) is 15.0. The summed E-state index contributed by atoms with van der Waals surface area (Å²) in [7, 11) is 0. The second kappa shape index (κ2) is 7.02. The lowest BCUT2D eigenvalue weighted by molar-refractivity contribution is -0.141. The van der Waals surface area contributed by atoms with Gasteiger partial charge in [-0.15, -0.1) is 0 Å². The predicted octanol–water partition coefficient (Wildman–Crippen LogP) is 4.90. The first kappa shape index (κ1) is 15.8. The van der Waals surface area contributed by atoms with Crippen LogP contribution in [0.5, 0.6) is 0 Å². The van der Waals surface area contributed by atoms with E-state index in [1.807, 2.05) is 0 Å². The Morgan fingerprint density at radius 1 is 1.05 bits per heavy atom. The quantitative estimate of drug-likeness (QED) is 0.656. The van der Waals surface area contributed by atoms with E-state index in [1.54, 1.807) is 0 Å². The lowest BCUT2D eigenvalue weighted by Crippen LogP contribution is -2.49. The molecule has 2 heterocycles. The fourth-order valence-corrected chi connectivity index (χ4v) is 5.74. The first-order chi connectivity index (χ1) is 10.2. The van der Waals surface area contributed by atoms with E-state index in [1.165, 1.54) is 57.8 Å². The third-order valence-electron chi connectivity index (χ3n) is 6.09. The average Bonchev–Trinajstić information content (AvgIpc) is 2.77. The van der Waals surface area contributed by atoms with E-state index in [0.29, 0.717) is 28.7 Å². The number of fused-ring (bicyclic) bond motifs is 2. The minimum absolute atomic E-state index is 0.345. The molecule has 0 spiro atoms. The zero-order chi connectivity index (χ0) is 14.8. The molecule has 3 aliphatic rings. The van der Waals surface area contributed by atoms with Gasteiger partial charge in [-0.1, -0.05) is 42.1 Å². The summed E-state index contributed by atoms with van der Waals surface area (Å²) in [6.45, 7) is 2.28. The van der Waals surface area contributed by atoms with E-state index in [9.17, 15) is 4.79 Å². The minimum atomic E-state index is 0.345. The summed E-state index contributed by atoms with van der Waals surface area (Å²) in [6, 6.07) is 1.08. The predicted molar refractivity (Wildman–Crippen MR) is 90.6 cm³/mol. The molecule has 1 amide bonds. The molecule has 2 aliphatic heterocycles. The highest BCUT2D eigenvalue weighted by molar-refractivity contribution is 9.09. The molecule has 2 nitrogen and oxygen atoms in total. The molecule has 0 radical (unpaired) electrons. The Balaban J connectivity index is 1.53. The number of nitrogens with zero attached hydrogens (tertiary/aromatic N) is 1. The van der Waals surface area contributed by atoms with E-state index < -0.39 is 0 Å². The molecule has 0 N–H and O–H groups in total. The van der Waals surface area contributed by atoms with Gasteiger partial charge in [0.1, 0.15) is 0 Å². The molecule has 2 atom stereocenters. The topological polar surface area (TPSA) is 20.3 Å². The monoisotopic (exact) mass is 355 g/mol. The van der Waals surface area contributed by atoms with Gasteiger partial charge in [-0.2, -0.15) is 0 Å². The van der Waals surface area contributed by atoms with Crippen molar-refractivity contribution in [3.8, 4) is 0 Å². The number of carbonyl (C=O) groups is 1. The first-order valence-corrected chi connectivity index (χ1v) is 10.1. The minimum Gasteiger partial charge on any atom is -0.336 e.